The van der Waals surface area contributed by atoms with Gasteiger partial charge >= 0.3 is 0 Å². The van der Waals surface area contributed by atoms with E-state index in [9.17, 15) is 8.42 Å². The number of hydrogen-bond acceptors (Lipinski definition) is 4. The summed E-state index contributed by atoms with van der Waals surface area (Å²) in [4.78, 5) is 0.891. The zero-order valence-corrected chi connectivity index (χ0v) is 12.6. The van der Waals surface area contributed by atoms with Crippen LogP contribution in [0.1, 0.15) is 24.6 Å². The molecule has 1 aliphatic heterocycles. The SMILES string of the molecule is CC1CCCN(S(=O)(=O)c2ccc(C(N)=S)s2)C1. The highest BCUT2D eigenvalue weighted by molar-refractivity contribution is 7.91. The minimum Gasteiger partial charge on any atom is -0.389 e. The van der Waals surface area contributed by atoms with Gasteiger partial charge in [-0.1, -0.05) is 19.1 Å². The van der Waals surface area contributed by atoms with E-state index >= 15 is 0 Å². The average molecular weight is 304 g/mol. The quantitative estimate of drug-likeness (QED) is 0.865. The number of hydrogen-bond donors (Lipinski definition) is 1. The van der Waals surface area contributed by atoms with Gasteiger partial charge in [-0.25, -0.2) is 8.42 Å². The third kappa shape index (κ3) is 2.74. The Bertz CT molecular complexity index is 550. The highest BCUT2D eigenvalue weighted by Crippen LogP contribution is 2.28. The summed E-state index contributed by atoms with van der Waals surface area (Å²) in [6.07, 6.45) is 2.02. The Labute approximate surface area is 117 Å². The summed E-state index contributed by atoms with van der Waals surface area (Å²) in [5.41, 5.74) is 5.50. The Morgan fingerprint density at radius 3 is 2.83 bits per heavy atom. The van der Waals surface area contributed by atoms with E-state index in [0.717, 1.165) is 24.2 Å². The summed E-state index contributed by atoms with van der Waals surface area (Å²) in [5, 5.41) is 0. The van der Waals surface area contributed by atoms with Crippen LogP contribution in [0.2, 0.25) is 0 Å². The lowest BCUT2D eigenvalue weighted by atomic mass is 10.0. The van der Waals surface area contributed by atoms with Crippen molar-refractivity contribution in [3.63, 3.8) is 0 Å². The maximum Gasteiger partial charge on any atom is 0.252 e. The number of nitrogens with two attached hydrogens (primary N) is 1. The van der Waals surface area contributed by atoms with E-state index in [4.69, 9.17) is 18.0 Å². The molecule has 2 N–H and O–H groups in total. The van der Waals surface area contributed by atoms with E-state index in [0.29, 0.717) is 28.1 Å². The molecule has 1 atom stereocenters. The van der Waals surface area contributed by atoms with Gasteiger partial charge in [0.2, 0.25) is 0 Å². The Balaban J connectivity index is 2.26. The van der Waals surface area contributed by atoms with Crippen LogP contribution in [0.15, 0.2) is 16.3 Å². The van der Waals surface area contributed by atoms with Crippen LogP contribution in [-0.2, 0) is 10.0 Å². The Morgan fingerprint density at radius 1 is 1.56 bits per heavy atom. The van der Waals surface area contributed by atoms with Crippen molar-refractivity contribution in [3.8, 4) is 0 Å². The first-order chi connectivity index (χ1) is 8.41. The molecule has 2 heterocycles. The average Bonchev–Trinajstić information content (AvgIpc) is 2.79. The number of thiophene rings is 1. The second-order valence-electron chi connectivity index (χ2n) is 4.59. The van der Waals surface area contributed by atoms with Gasteiger partial charge in [-0.15, -0.1) is 11.3 Å². The third-order valence-electron chi connectivity index (χ3n) is 3.04. The first-order valence-electron chi connectivity index (χ1n) is 5.81. The number of nitrogens with zero attached hydrogens (tertiary/aromatic N) is 1. The molecule has 0 saturated carbocycles. The largest absolute Gasteiger partial charge is 0.389 e. The minimum atomic E-state index is -3.37. The van der Waals surface area contributed by atoms with Crippen LogP contribution in [0.25, 0.3) is 0 Å². The molecule has 0 aliphatic carbocycles. The molecule has 0 bridgehead atoms. The van der Waals surface area contributed by atoms with Crippen LogP contribution < -0.4 is 5.73 Å². The standard InChI is InChI=1S/C11H16N2O2S3/c1-8-3-2-6-13(7-8)18(14,15)10-5-4-9(17-10)11(12)16/h4-5,8H,2-3,6-7H2,1H3,(H2,12,16). The minimum absolute atomic E-state index is 0.244. The van der Waals surface area contributed by atoms with Crippen LogP contribution in [0.4, 0.5) is 0 Å². The van der Waals surface area contributed by atoms with E-state index < -0.39 is 10.0 Å². The zero-order valence-electron chi connectivity index (χ0n) is 10.1. The van der Waals surface area contributed by atoms with Crippen LogP contribution in [0, 0.1) is 5.92 Å². The van der Waals surface area contributed by atoms with Crippen molar-refractivity contribution in [2.45, 2.75) is 24.0 Å². The number of thiocarbonyl (C=S) groups is 1. The van der Waals surface area contributed by atoms with Crippen molar-refractivity contribution in [1.29, 1.82) is 0 Å². The first kappa shape index (κ1) is 13.9. The van der Waals surface area contributed by atoms with Crippen molar-refractivity contribution >= 4 is 38.6 Å². The van der Waals surface area contributed by atoms with Crippen LogP contribution in [-0.4, -0.2) is 30.8 Å². The molecular weight excluding hydrogens is 288 g/mol. The van der Waals surface area contributed by atoms with Gasteiger partial charge in [0.1, 0.15) is 9.20 Å². The van der Waals surface area contributed by atoms with Crippen LogP contribution in [0.3, 0.4) is 0 Å². The molecular formula is C11H16N2O2S3. The molecule has 1 aliphatic rings. The molecule has 1 saturated heterocycles. The Kier molecular flexibility index (Phi) is 4.05. The monoisotopic (exact) mass is 304 g/mol. The molecule has 0 spiro atoms. The molecule has 0 aromatic carbocycles. The molecule has 0 radical (unpaired) electrons. The maximum atomic E-state index is 12.4. The lowest BCUT2D eigenvalue weighted by molar-refractivity contribution is 0.281. The maximum absolute atomic E-state index is 12.4. The van der Waals surface area contributed by atoms with Crippen molar-refractivity contribution in [3.05, 3.63) is 17.0 Å². The Hall–Kier alpha value is -0.500. The van der Waals surface area contributed by atoms with Crippen molar-refractivity contribution in [2.75, 3.05) is 13.1 Å². The van der Waals surface area contributed by atoms with E-state index in [1.165, 1.54) is 0 Å². The predicted molar refractivity (Wildman–Crippen MR) is 77.4 cm³/mol. The summed E-state index contributed by atoms with van der Waals surface area (Å²) in [6, 6.07) is 3.26. The molecule has 1 unspecified atom stereocenters. The van der Waals surface area contributed by atoms with Crippen molar-refractivity contribution in [2.24, 2.45) is 11.7 Å². The lowest BCUT2D eigenvalue weighted by Crippen LogP contribution is -2.38. The van der Waals surface area contributed by atoms with Gasteiger partial charge in [0, 0.05) is 13.1 Å². The van der Waals surface area contributed by atoms with E-state index in [2.05, 4.69) is 6.92 Å². The fourth-order valence-electron chi connectivity index (χ4n) is 2.08. The fourth-order valence-corrected chi connectivity index (χ4v) is 5.19. The lowest BCUT2D eigenvalue weighted by Gasteiger charge is -2.29. The van der Waals surface area contributed by atoms with Gasteiger partial charge < -0.3 is 5.73 Å². The molecule has 7 heteroatoms. The molecule has 2 rings (SSSR count). The molecule has 18 heavy (non-hydrogen) atoms. The summed E-state index contributed by atoms with van der Waals surface area (Å²) in [6.45, 7) is 3.28. The van der Waals surface area contributed by atoms with Crippen LogP contribution in [0.5, 0.6) is 0 Å². The van der Waals surface area contributed by atoms with E-state index in [-0.39, 0.29) is 4.99 Å². The van der Waals surface area contributed by atoms with Crippen LogP contribution >= 0.6 is 23.6 Å². The Morgan fingerprint density at radius 2 is 2.28 bits per heavy atom. The van der Waals surface area contributed by atoms with Gasteiger partial charge in [0.15, 0.2) is 0 Å². The highest BCUT2D eigenvalue weighted by atomic mass is 32.2. The summed E-state index contributed by atoms with van der Waals surface area (Å²) in [5.74, 6) is 0.420. The second kappa shape index (κ2) is 5.24. The van der Waals surface area contributed by atoms with E-state index in [1.54, 1.807) is 16.4 Å². The van der Waals surface area contributed by atoms with Gasteiger partial charge in [-0.05, 0) is 30.9 Å². The summed E-state index contributed by atoms with van der Waals surface area (Å²) < 4.78 is 26.7. The number of rotatable bonds is 3. The van der Waals surface area contributed by atoms with Gasteiger partial charge in [0.05, 0.1) is 4.88 Å². The molecule has 1 aromatic rings. The third-order valence-corrected chi connectivity index (χ3v) is 6.84. The van der Waals surface area contributed by atoms with Crippen molar-refractivity contribution in [1.82, 2.24) is 4.31 Å². The number of sulfonamides is 1. The molecule has 1 aromatic heterocycles. The zero-order chi connectivity index (χ0) is 13.3. The molecule has 100 valence electrons. The molecule has 4 nitrogen and oxygen atoms in total. The fraction of sp³-hybridized carbons (Fsp3) is 0.545. The summed E-state index contributed by atoms with van der Waals surface area (Å²) in [7, 11) is -3.37. The van der Waals surface area contributed by atoms with Gasteiger partial charge in [-0.3, -0.25) is 0 Å². The van der Waals surface area contributed by atoms with Crippen molar-refractivity contribution < 1.29 is 8.42 Å². The number of piperidine rings is 1. The van der Waals surface area contributed by atoms with E-state index in [1.807, 2.05) is 0 Å². The smallest absolute Gasteiger partial charge is 0.252 e. The molecule has 1 fully saturated rings. The van der Waals surface area contributed by atoms with Gasteiger partial charge in [-0.2, -0.15) is 4.31 Å². The molecule has 0 amide bonds. The predicted octanol–water partition coefficient (Wildman–Crippen LogP) is 1.80. The summed E-state index contributed by atoms with van der Waals surface area (Å²) >= 11 is 6.00. The van der Waals surface area contributed by atoms with Gasteiger partial charge in [0.25, 0.3) is 10.0 Å². The first-order valence-corrected chi connectivity index (χ1v) is 8.47. The second-order valence-corrected chi connectivity index (χ2v) is 8.28. The highest BCUT2D eigenvalue weighted by Gasteiger charge is 2.29. The normalized spacial score (nSPS) is 21.9. The topological polar surface area (TPSA) is 63.4 Å².